The van der Waals surface area contributed by atoms with Gasteiger partial charge in [-0.15, -0.1) is 23.1 Å². The van der Waals surface area contributed by atoms with Crippen LogP contribution in [-0.2, 0) is 5.75 Å². The summed E-state index contributed by atoms with van der Waals surface area (Å²) in [5.74, 6) is 1.66. The molecule has 5 heteroatoms. The van der Waals surface area contributed by atoms with E-state index in [1.54, 1.807) is 29.4 Å². The molecule has 2 N–H and O–H groups in total. The maximum atomic E-state index is 5.76. The van der Waals surface area contributed by atoms with E-state index < -0.39 is 0 Å². The minimum absolute atomic E-state index is 0.791. The first-order chi connectivity index (χ1) is 9.31. The highest BCUT2D eigenvalue weighted by Gasteiger charge is 2.07. The number of thioether (sulfide) groups is 1. The van der Waals surface area contributed by atoms with Gasteiger partial charge in [0.25, 0.3) is 0 Å². The van der Waals surface area contributed by atoms with Gasteiger partial charge in [-0.25, -0.2) is 4.98 Å². The van der Waals surface area contributed by atoms with Crippen LogP contribution in [0, 0.1) is 0 Å². The van der Waals surface area contributed by atoms with Crippen molar-refractivity contribution in [2.24, 2.45) is 0 Å². The van der Waals surface area contributed by atoms with E-state index in [0.29, 0.717) is 0 Å². The van der Waals surface area contributed by atoms with Crippen molar-refractivity contribution in [1.82, 2.24) is 4.98 Å². The number of nitrogens with zero attached hydrogens (tertiary/aromatic N) is 1. The summed E-state index contributed by atoms with van der Waals surface area (Å²) in [6, 6.07) is 11.7. The smallest absolute Gasteiger partial charge is 0.162 e. The highest BCUT2D eigenvalue weighted by Crippen LogP contribution is 2.28. The molecule has 0 unspecified atom stereocenters. The van der Waals surface area contributed by atoms with E-state index in [1.165, 1.54) is 0 Å². The van der Waals surface area contributed by atoms with Crippen molar-refractivity contribution < 1.29 is 4.42 Å². The van der Waals surface area contributed by atoms with Crippen LogP contribution < -0.4 is 5.73 Å². The molecule has 0 saturated carbocycles. The second-order valence-corrected chi connectivity index (χ2v) is 5.89. The molecule has 19 heavy (non-hydrogen) atoms. The zero-order valence-corrected chi connectivity index (χ0v) is 11.7. The van der Waals surface area contributed by atoms with E-state index in [2.05, 4.69) is 16.4 Å². The third kappa shape index (κ3) is 3.00. The monoisotopic (exact) mass is 288 g/mol. The summed E-state index contributed by atoms with van der Waals surface area (Å²) >= 11 is 3.33. The van der Waals surface area contributed by atoms with Gasteiger partial charge in [-0.2, -0.15) is 0 Å². The first kappa shape index (κ1) is 12.3. The molecule has 2 aromatic heterocycles. The van der Waals surface area contributed by atoms with Gasteiger partial charge in [-0.1, -0.05) is 6.07 Å². The fourth-order valence-electron chi connectivity index (χ4n) is 1.65. The highest BCUT2D eigenvalue weighted by atomic mass is 32.2. The standard InChI is InChI=1S/C14H12N2OS2/c15-10-3-1-4-12(7-10)18-8-11-9-19-14(16-11)13-5-2-6-17-13/h1-7,9H,8,15H2. The average Bonchev–Trinajstić information content (AvgIpc) is 3.07. The van der Waals surface area contributed by atoms with Crippen LogP contribution in [0.3, 0.4) is 0 Å². The maximum absolute atomic E-state index is 5.76. The Morgan fingerprint density at radius 2 is 2.21 bits per heavy atom. The summed E-state index contributed by atoms with van der Waals surface area (Å²) in [4.78, 5) is 5.72. The molecule has 3 aromatic rings. The topological polar surface area (TPSA) is 52.0 Å². The Kier molecular flexibility index (Phi) is 3.57. The van der Waals surface area contributed by atoms with Crippen LogP contribution in [0.5, 0.6) is 0 Å². The number of rotatable bonds is 4. The first-order valence-electron chi connectivity index (χ1n) is 5.78. The number of hydrogen-bond acceptors (Lipinski definition) is 5. The molecule has 0 aliphatic carbocycles. The van der Waals surface area contributed by atoms with Gasteiger partial charge in [-0.05, 0) is 30.3 Å². The lowest BCUT2D eigenvalue weighted by atomic mass is 10.3. The number of aromatic nitrogens is 1. The van der Waals surface area contributed by atoms with Crippen LogP contribution in [0.2, 0.25) is 0 Å². The minimum atomic E-state index is 0.791. The van der Waals surface area contributed by atoms with Crippen molar-refractivity contribution >= 4 is 28.8 Å². The normalized spacial score (nSPS) is 10.7. The van der Waals surface area contributed by atoms with E-state index in [-0.39, 0.29) is 0 Å². The van der Waals surface area contributed by atoms with Crippen molar-refractivity contribution in [3.8, 4) is 10.8 Å². The van der Waals surface area contributed by atoms with Gasteiger partial charge in [0.05, 0.1) is 12.0 Å². The number of anilines is 1. The number of thiazole rings is 1. The summed E-state index contributed by atoms with van der Waals surface area (Å²) in [7, 11) is 0. The van der Waals surface area contributed by atoms with Crippen molar-refractivity contribution in [2.75, 3.05) is 5.73 Å². The predicted octanol–water partition coefficient (Wildman–Crippen LogP) is 4.28. The molecule has 0 aliphatic heterocycles. The van der Waals surface area contributed by atoms with Crippen LogP contribution in [0.15, 0.2) is 57.4 Å². The molecule has 0 fully saturated rings. The van der Waals surface area contributed by atoms with Gasteiger partial charge in [0.15, 0.2) is 10.8 Å². The molecular formula is C14H12N2OS2. The molecule has 0 aliphatic rings. The highest BCUT2D eigenvalue weighted by molar-refractivity contribution is 7.98. The Balaban J connectivity index is 1.68. The fourth-order valence-corrected chi connectivity index (χ4v) is 3.40. The molecule has 2 heterocycles. The first-order valence-corrected chi connectivity index (χ1v) is 7.64. The molecule has 0 radical (unpaired) electrons. The molecule has 0 spiro atoms. The molecule has 0 bridgehead atoms. The number of furan rings is 1. The Bertz CT molecular complexity index is 662. The molecule has 1 aromatic carbocycles. The van der Waals surface area contributed by atoms with Crippen LogP contribution in [0.1, 0.15) is 5.69 Å². The van der Waals surface area contributed by atoms with Gasteiger partial charge in [0.1, 0.15) is 0 Å². The zero-order chi connectivity index (χ0) is 13.1. The zero-order valence-electron chi connectivity index (χ0n) is 10.1. The minimum Gasteiger partial charge on any atom is -0.462 e. The average molecular weight is 288 g/mol. The van der Waals surface area contributed by atoms with Crippen molar-refractivity contribution in [3.05, 3.63) is 53.7 Å². The SMILES string of the molecule is Nc1cccc(SCc2csc(-c3ccco3)n2)c1. The largest absolute Gasteiger partial charge is 0.462 e. The lowest BCUT2D eigenvalue weighted by Crippen LogP contribution is -1.85. The van der Waals surface area contributed by atoms with E-state index in [9.17, 15) is 0 Å². The van der Waals surface area contributed by atoms with Crippen LogP contribution in [0.25, 0.3) is 10.8 Å². The number of nitrogens with two attached hydrogens (primary N) is 1. The third-order valence-corrected chi connectivity index (χ3v) is 4.46. The second-order valence-electron chi connectivity index (χ2n) is 3.98. The summed E-state index contributed by atoms with van der Waals surface area (Å²) in [6.45, 7) is 0. The van der Waals surface area contributed by atoms with Crippen LogP contribution in [-0.4, -0.2) is 4.98 Å². The number of nitrogen functional groups attached to an aromatic ring is 1. The second kappa shape index (κ2) is 5.50. The predicted molar refractivity (Wildman–Crippen MR) is 80.2 cm³/mol. The summed E-state index contributed by atoms with van der Waals surface area (Å²) in [5, 5.41) is 2.99. The number of benzene rings is 1. The fraction of sp³-hybridized carbons (Fsp3) is 0.0714. The molecule has 0 amide bonds. The van der Waals surface area contributed by atoms with E-state index in [1.807, 2.05) is 30.3 Å². The Labute approximate surface area is 119 Å². The Morgan fingerprint density at radius 3 is 3.00 bits per heavy atom. The van der Waals surface area contributed by atoms with Gasteiger partial charge < -0.3 is 10.2 Å². The number of hydrogen-bond donors (Lipinski definition) is 1. The van der Waals surface area contributed by atoms with Crippen molar-refractivity contribution in [1.29, 1.82) is 0 Å². The van der Waals surface area contributed by atoms with E-state index in [0.717, 1.165) is 32.8 Å². The van der Waals surface area contributed by atoms with E-state index in [4.69, 9.17) is 10.2 Å². The van der Waals surface area contributed by atoms with Gasteiger partial charge in [-0.3, -0.25) is 0 Å². The van der Waals surface area contributed by atoms with Crippen molar-refractivity contribution in [3.63, 3.8) is 0 Å². The lowest BCUT2D eigenvalue weighted by Gasteiger charge is -2.00. The van der Waals surface area contributed by atoms with Crippen LogP contribution >= 0.6 is 23.1 Å². The van der Waals surface area contributed by atoms with Crippen molar-refractivity contribution in [2.45, 2.75) is 10.6 Å². The molecule has 0 atom stereocenters. The summed E-state index contributed by atoms with van der Waals surface area (Å²) in [5.41, 5.74) is 7.61. The van der Waals surface area contributed by atoms with Gasteiger partial charge in [0, 0.05) is 21.7 Å². The molecule has 3 nitrogen and oxygen atoms in total. The Morgan fingerprint density at radius 1 is 1.26 bits per heavy atom. The summed E-state index contributed by atoms with van der Waals surface area (Å²) in [6.07, 6.45) is 1.66. The van der Waals surface area contributed by atoms with Crippen LogP contribution in [0.4, 0.5) is 5.69 Å². The molecule has 0 saturated heterocycles. The molecule has 3 rings (SSSR count). The van der Waals surface area contributed by atoms with Gasteiger partial charge in [0.2, 0.25) is 0 Å². The molecule has 96 valence electrons. The molecular weight excluding hydrogens is 276 g/mol. The van der Waals surface area contributed by atoms with E-state index >= 15 is 0 Å². The lowest BCUT2D eigenvalue weighted by molar-refractivity contribution is 0.581. The summed E-state index contributed by atoms with van der Waals surface area (Å²) < 4.78 is 5.34. The third-order valence-electron chi connectivity index (χ3n) is 2.53. The Hall–Kier alpha value is -1.72. The van der Waals surface area contributed by atoms with Gasteiger partial charge >= 0.3 is 0 Å². The quantitative estimate of drug-likeness (QED) is 0.575. The maximum Gasteiger partial charge on any atom is 0.162 e.